The first-order valence-electron chi connectivity index (χ1n) is 5.64. The summed E-state index contributed by atoms with van der Waals surface area (Å²) in [5.41, 5.74) is 6.07. The van der Waals surface area contributed by atoms with Crippen molar-refractivity contribution in [3.05, 3.63) is 0 Å². The van der Waals surface area contributed by atoms with Gasteiger partial charge in [0.25, 0.3) is 0 Å². The van der Waals surface area contributed by atoms with Gasteiger partial charge in [-0.3, -0.25) is 0 Å². The fourth-order valence-corrected chi connectivity index (χ4v) is 1.61. The number of nitrogens with two attached hydrogens (primary N) is 1. The minimum atomic E-state index is -0.0637. The van der Waals surface area contributed by atoms with Crippen molar-refractivity contribution in [3.63, 3.8) is 0 Å². The molecule has 0 aromatic carbocycles. The molecule has 2 N–H and O–H groups in total. The minimum absolute atomic E-state index is 0.0637. The Labute approximate surface area is 88.5 Å². The van der Waals surface area contributed by atoms with Crippen LogP contribution in [0.4, 0.5) is 0 Å². The standard InChI is InChI=1S/C12H24N2/c1-11(2)7-6-9-12(3,14)8-4-5-10-13/h11H,4-9,14H2,1-3H3. The Morgan fingerprint density at radius 3 is 2.36 bits per heavy atom. The second-order valence-corrected chi connectivity index (χ2v) is 4.95. The third-order valence-electron chi connectivity index (χ3n) is 2.57. The second-order valence-electron chi connectivity index (χ2n) is 4.95. The summed E-state index contributed by atoms with van der Waals surface area (Å²) in [6, 6.07) is 2.16. The molecule has 2 nitrogen and oxygen atoms in total. The van der Waals surface area contributed by atoms with Crippen molar-refractivity contribution in [1.29, 1.82) is 5.26 Å². The lowest BCUT2D eigenvalue weighted by Gasteiger charge is -2.24. The van der Waals surface area contributed by atoms with Gasteiger partial charge in [-0.1, -0.05) is 26.7 Å². The molecule has 14 heavy (non-hydrogen) atoms. The van der Waals surface area contributed by atoms with Crippen LogP contribution in [0.5, 0.6) is 0 Å². The van der Waals surface area contributed by atoms with Gasteiger partial charge < -0.3 is 5.73 Å². The average molecular weight is 196 g/mol. The summed E-state index contributed by atoms with van der Waals surface area (Å²) in [5.74, 6) is 0.768. The van der Waals surface area contributed by atoms with Gasteiger partial charge in [0.15, 0.2) is 0 Å². The third kappa shape index (κ3) is 8.07. The molecular weight excluding hydrogens is 172 g/mol. The highest BCUT2D eigenvalue weighted by atomic mass is 14.7. The number of unbranched alkanes of at least 4 members (excludes halogenated alkanes) is 1. The van der Waals surface area contributed by atoms with E-state index in [2.05, 4.69) is 26.8 Å². The molecule has 0 saturated heterocycles. The number of nitriles is 1. The third-order valence-corrected chi connectivity index (χ3v) is 2.57. The van der Waals surface area contributed by atoms with Crippen LogP contribution in [-0.2, 0) is 0 Å². The lowest BCUT2D eigenvalue weighted by atomic mass is 9.89. The van der Waals surface area contributed by atoms with Crippen LogP contribution < -0.4 is 5.73 Å². The van der Waals surface area contributed by atoms with E-state index in [0.29, 0.717) is 6.42 Å². The lowest BCUT2D eigenvalue weighted by Crippen LogP contribution is -2.35. The van der Waals surface area contributed by atoms with Crippen LogP contribution >= 0.6 is 0 Å². The zero-order chi connectivity index (χ0) is 11.0. The summed E-state index contributed by atoms with van der Waals surface area (Å²) in [6.07, 6.45) is 6.08. The van der Waals surface area contributed by atoms with Gasteiger partial charge in [0.2, 0.25) is 0 Å². The summed E-state index contributed by atoms with van der Waals surface area (Å²) < 4.78 is 0. The predicted molar refractivity (Wildman–Crippen MR) is 60.7 cm³/mol. The molecule has 0 heterocycles. The van der Waals surface area contributed by atoms with E-state index in [1.807, 2.05) is 0 Å². The Kier molecular flexibility index (Phi) is 6.57. The van der Waals surface area contributed by atoms with E-state index < -0.39 is 0 Å². The first-order valence-corrected chi connectivity index (χ1v) is 5.64. The molecule has 0 bridgehead atoms. The quantitative estimate of drug-likeness (QED) is 0.635. The molecule has 0 aromatic heterocycles. The first kappa shape index (κ1) is 13.4. The first-order chi connectivity index (χ1) is 6.48. The van der Waals surface area contributed by atoms with Gasteiger partial charge in [0.05, 0.1) is 6.07 Å². The fourth-order valence-electron chi connectivity index (χ4n) is 1.61. The van der Waals surface area contributed by atoms with E-state index in [-0.39, 0.29) is 5.54 Å². The van der Waals surface area contributed by atoms with Gasteiger partial charge >= 0.3 is 0 Å². The van der Waals surface area contributed by atoms with Crippen LogP contribution in [0.15, 0.2) is 0 Å². The Morgan fingerprint density at radius 2 is 1.86 bits per heavy atom. The number of nitrogens with zero attached hydrogens (tertiary/aromatic N) is 1. The molecule has 0 aliphatic heterocycles. The molecule has 82 valence electrons. The highest BCUT2D eigenvalue weighted by Gasteiger charge is 2.17. The highest BCUT2D eigenvalue weighted by Crippen LogP contribution is 2.19. The van der Waals surface area contributed by atoms with Crippen LogP contribution in [-0.4, -0.2) is 5.54 Å². The van der Waals surface area contributed by atoms with Gasteiger partial charge in [-0.2, -0.15) is 5.26 Å². The van der Waals surface area contributed by atoms with Crippen LogP contribution in [0.3, 0.4) is 0 Å². The molecule has 0 aliphatic carbocycles. The van der Waals surface area contributed by atoms with Crippen molar-refractivity contribution in [3.8, 4) is 6.07 Å². The van der Waals surface area contributed by atoms with Gasteiger partial charge in [-0.15, -0.1) is 0 Å². The summed E-state index contributed by atoms with van der Waals surface area (Å²) in [5, 5.41) is 8.42. The maximum atomic E-state index is 8.42. The topological polar surface area (TPSA) is 49.8 Å². The molecule has 0 rings (SSSR count). The van der Waals surface area contributed by atoms with Crippen molar-refractivity contribution in [2.75, 3.05) is 0 Å². The summed E-state index contributed by atoms with van der Waals surface area (Å²) in [6.45, 7) is 6.58. The van der Waals surface area contributed by atoms with Crippen LogP contribution in [0.2, 0.25) is 0 Å². The molecular formula is C12H24N2. The fraction of sp³-hybridized carbons (Fsp3) is 0.917. The molecule has 0 saturated carbocycles. The molecule has 0 amide bonds. The SMILES string of the molecule is CC(C)CCCC(C)(N)CCCC#N. The number of hydrogen-bond donors (Lipinski definition) is 1. The summed E-state index contributed by atoms with van der Waals surface area (Å²) >= 11 is 0. The summed E-state index contributed by atoms with van der Waals surface area (Å²) in [7, 11) is 0. The van der Waals surface area contributed by atoms with E-state index in [0.717, 1.165) is 25.2 Å². The van der Waals surface area contributed by atoms with Crippen molar-refractivity contribution < 1.29 is 0 Å². The Hall–Kier alpha value is -0.550. The van der Waals surface area contributed by atoms with Gasteiger partial charge in [-0.05, 0) is 32.1 Å². The van der Waals surface area contributed by atoms with Crippen molar-refractivity contribution in [1.82, 2.24) is 0 Å². The molecule has 1 unspecified atom stereocenters. The maximum Gasteiger partial charge on any atom is 0.0621 e. The van der Waals surface area contributed by atoms with E-state index in [4.69, 9.17) is 11.0 Å². The molecule has 0 fully saturated rings. The Morgan fingerprint density at radius 1 is 1.29 bits per heavy atom. The van der Waals surface area contributed by atoms with Gasteiger partial charge in [-0.25, -0.2) is 0 Å². The number of hydrogen-bond acceptors (Lipinski definition) is 2. The summed E-state index contributed by atoms with van der Waals surface area (Å²) in [4.78, 5) is 0. The molecule has 0 spiro atoms. The van der Waals surface area contributed by atoms with Gasteiger partial charge in [0.1, 0.15) is 0 Å². The largest absolute Gasteiger partial charge is 0.325 e. The maximum absolute atomic E-state index is 8.42. The van der Waals surface area contributed by atoms with Crippen LogP contribution in [0, 0.1) is 17.2 Å². The van der Waals surface area contributed by atoms with E-state index in [9.17, 15) is 0 Å². The Bertz CT molecular complexity index is 177. The smallest absolute Gasteiger partial charge is 0.0621 e. The molecule has 0 aliphatic rings. The molecule has 0 radical (unpaired) electrons. The zero-order valence-electron chi connectivity index (χ0n) is 9.84. The van der Waals surface area contributed by atoms with Crippen LogP contribution in [0.25, 0.3) is 0 Å². The molecule has 1 atom stereocenters. The van der Waals surface area contributed by atoms with Crippen molar-refractivity contribution in [2.24, 2.45) is 11.7 Å². The van der Waals surface area contributed by atoms with Crippen molar-refractivity contribution >= 4 is 0 Å². The van der Waals surface area contributed by atoms with E-state index in [1.165, 1.54) is 12.8 Å². The average Bonchev–Trinajstić information content (AvgIpc) is 2.03. The monoisotopic (exact) mass is 196 g/mol. The molecule has 2 heteroatoms. The second kappa shape index (κ2) is 6.84. The van der Waals surface area contributed by atoms with Gasteiger partial charge in [0, 0.05) is 12.0 Å². The van der Waals surface area contributed by atoms with E-state index in [1.54, 1.807) is 0 Å². The lowest BCUT2D eigenvalue weighted by molar-refractivity contribution is 0.364. The highest BCUT2D eigenvalue weighted by molar-refractivity contribution is 4.80. The van der Waals surface area contributed by atoms with Crippen LogP contribution in [0.1, 0.15) is 59.3 Å². The predicted octanol–water partition coefficient (Wildman–Crippen LogP) is 3.22. The normalized spacial score (nSPS) is 15.1. The zero-order valence-corrected chi connectivity index (χ0v) is 9.84. The molecule has 0 aromatic rings. The van der Waals surface area contributed by atoms with Crippen molar-refractivity contribution in [2.45, 2.75) is 64.8 Å². The van der Waals surface area contributed by atoms with E-state index >= 15 is 0 Å². The Balaban J connectivity index is 3.56. The number of rotatable bonds is 7. The minimum Gasteiger partial charge on any atom is -0.325 e.